The molecule has 1 atom stereocenters. The third-order valence-corrected chi connectivity index (χ3v) is 6.63. The highest BCUT2D eigenvalue weighted by Gasteiger charge is 2.49. The van der Waals surface area contributed by atoms with Gasteiger partial charge in [0, 0.05) is 30.5 Å². The minimum absolute atomic E-state index is 0.398. The Morgan fingerprint density at radius 3 is 2.97 bits per heavy atom. The van der Waals surface area contributed by atoms with Gasteiger partial charge in [-0.25, -0.2) is 15.0 Å². The maximum Gasteiger partial charge on any atom is 0.237 e. The van der Waals surface area contributed by atoms with Crippen LogP contribution in [-0.2, 0) is 10.3 Å². The number of nitrogens with zero attached hydrogens (tertiary/aromatic N) is 9. The van der Waals surface area contributed by atoms with E-state index in [4.69, 9.17) is 9.72 Å². The largest absolute Gasteiger partial charge is 0.377 e. The molecule has 6 heterocycles. The Hall–Kier alpha value is -3.18. The van der Waals surface area contributed by atoms with Gasteiger partial charge in [0.15, 0.2) is 22.5 Å². The Balaban J connectivity index is 1.57. The van der Waals surface area contributed by atoms with Gasteiger partial charge in [-0.15, -0.1) is 21.5 Å². The summed E-state index contributed by atoms with van der Waals surface area (Å²) in [6.07, 6.45) is 8.06. The lowest BCUT2D eigenvalue weighted by Crippen LogP contribution is -2.58. The smallest absolute Gasteiger partial charge is 0.237 e. The molecular weight excluding hydrogens is 402 g/mol. The van der Waals surface area contributed by atoms with Crippen LogP contribution in [0.1, 0.15) is 25.0 Å². The first kappa shape index (κ1) is 17.7. The van der Waals surface area contributed by atoms with Crippen molar-refractivity contribution >= 4 is 17.2 Å². The molecule has 0 spiro atoms. The van der Waals surface area contributed by atoms with Gasteiger partial charge in [-0.2, -0.15) is 4.98 Å². The van der Waals surface area contributed by atoms with Gasteiger partial charge in [0.1, 0.15) is 17.1 Å². The number of aromatic nitrogens is 8. The van der Waals surface area contributed by atoms with E-state index in [9.17, 15) is 0 Å². The normalized spacial score (nSPS) is 20.0. The zero-order valence-corrected chi connectivity index (χ0v) is 17.4. The average Bonchev–Trinajstić information content (AvgIpc) is 3.54. The van der Waals surface area contributed by atoms with E-state index in [0.717, 1.165) is 47.0 Å². The summed E-state index contributed by atoms with van der Waals surface area (Å²) in [5.74, 6) is 3.84. The number of anilines is 1. The predicted octanol–water partition coefficient (Wildman–Crippen LogP) is 2.13. The van der Waals surface area contributed by atoms with E-state index in [1.54, 1.807) is 12.4 Å². The molecule has 0 amide bonds. The quantitative estimate of drug-likeness (QED) is 0.496. The van der Waals surface area contributed by atoms with Gasteiger partial charge in [0.2, 0.25) is 5.95 Å². The summed E-state index contributed by atoms with van der Waals surface area (Å²) in [6.45, 7) is 6.03. The van der Waals surface area contributed by atoms with Crippen LogP contribution < -0.4 is 4.90 Å². The molecular formula is C19H19N9OS. The summed E-state index contributed by atoms with van der Waals surface area (Å²) in [6, 6.07) is 0. The van der Waals surface area contributed by atoms with Crippen molar-refractivity contribution in [3.05, 3.63) is 41.8 Å². The van der Waals surface area contributed by atoms with Crippen molar-refractivity contribution in [3.63, 3.8) is 0 Å². The summed E-state index contributed by atoms with van der Waals surface area (Å²) < 4.78 is 9.83. The first-order valence-electron chi connectivity index (χ1n) is 9.82. The summed E-state index contributed by atoms with van der Waals surface area (Å²) in [5.41, 5.74) is 0.490. The molecule has 0 radical (unpaired) electrons. The van der Waals surface area contributed by atoms with Crippen molar-refractivity contribution in [1.29, 1.82) is 0 Å². The van der Waals surface area contributed by atoms with E-state index in [2.05, 4.69) is 41.5 Å². The Bertz CT molecular complexity index is 1230. The van der Waals surface area contributed by atoms with Gasteiger partial charge in [-0.05, 0) is 13.3 Å². The molecule has 2 aliphatic heterocycles. The zero-order valence-electron chi connectivity index (χ0n) is 16.6. The second-order valence-corrected chi connectivity index (χ2v) is 8.23. The van der Waals surface area contributed by atoms with Crippen molar-refractivity contribution in [2.75, 3.05) is 24.7 Å². The van der Waals surface area contributed by atoms with Crippen molar-refractivity contribution in [2.24, 2.45) is 0 Å². The van der Waals surface area contributed by atoms with Gasteiger partial charge in [0.25, 0.3) is 0 Å². The van der Waals surface area contributed by atoms with Crippen LogP contribution in [0.2, 0.25) is 0 Å². The lowest BCUT2D eigenvalue weighted by molar-refractivity contribution is 0.0390. The van der Waals surface area contributed by atoms with E-state index >= 15 is 0 Å². The maximum absolute atomic E-state index is 5.90. The molecule has 0 saturated carbocycles. The van der Waals surface area contributed by atoms with Gasteiger partial charge in [0.05, 0.1) is 19.4 Å². The minimum atomic E-state index is -0.398. The number of rotatable bonds is 3. The fraction of sp³-hybridized carbons (Fsp3) is 0.368. The van der Waals surface area contributed by atoms with Crippen molar-refractivity contribution in [3.8, 4) is 22.5 Å². The molecule has 10 nitrogen and oxygen atoms in total. The van der Waals surface area contributed by atoms with E-state index < -0.39 is 5.54 Å². The molecule has 0 aromatic carbocycles. The molecule has 11 heteroatoms. The number of imidazole rings is 1. The fourth-order valence-corrected chi connectivity index (χ4v) is 5.00. The van der Waals surface area contributed by atoms with Crippen LogP contribution in [0.5, 0.6) is 0 Å². The highest BCUT2D eigenvalue weighted by molar-refractivity contribution is 7.13. The average molecular weight is 421 g/mol. The van der Waals surface area contributed by atoms with Crippen LogP contribution in [0, 0.1) is 6.92 Å². The standard InChI is InChI=1S/C19H19N9OS/c1-3-19-11-29-8-7-27(19)14-13(28-12(2)24-25-17(19)28)10-22-18(23-14)26-6-4-20-15(26)16-21-5-9-30-16/h4-6,9-10H,3,7-8,11H2,1-2H3. The van der Waals surface area contributed by atoms with E-state index in [-0.39, 0.29) is 0 Å². The van der Waals surface area contributed by atoms with Crippen molar-refractivity contribution in [1.82, 2.24) is 39.3 Å². The lowest BCUT2D eigenvalue weighted by Gasteiger charge is -2.49. The molecule has 30 heavy (non-hydrogen) atoms. The minimum Gasteiger partial charge on any atom is -0.377 e. The Morgan fingerprint density at radius 2 is 2.13 bits per heavy atom. The van der Waals surface area contributed by atoms with E-state index in [1.165, 1.54) is 11.3 Å². The molecule has 1 saturated heterocycles. The summed E-state index contributed by atoms with van der Waals surface area (Å²) in [7, 11) is 0. The predicted molar refractivity (Wildman–Crippen MR) is 110 cm³/mol. The van der Waals surface area contributed by atoms with Gasteiger partial charge in [-0.3, -0.25) is 9.13 Å². The topological polar surface area (TPSA) is 99.7 Å². The number of morpholine rings is 1. The second kappa shape index (κ2) is 6.41. The third kappa shape index (κ3) is 2.27. The lowest BCUT2D eigenvalue weighted by atomic mass is 9.90. The molecule has 4 aromatic heterocycles. The van der Waals surface area contributed by atoms with Gasteiger partial charge in [-0.1, -0.05) is 6.92 Å². The van der Waals surface area contributed by atoms with E-state index in [1.807, 2.05) is 29.3 Å². The first-order valence-corrected chi connectivity index (χ1v) is 10.7. The van der Waals surface area contributed by atoms with Crippen LogP contribution in [-0.4, -0.2) is 59.0 Å². The molecule has 4 aromatic rings. The van der Waals surface area contributed by atoms with Gasteiger partial charge < -0.3 is 9.64 Å². The second-order valence-electron chi connectivity index (χ2n) is 7.33. The van der Waals surface area contributed by atoms with Crippen molar-refractivity contribution in [2.45, 2.75) is 25.8 Å². The Labute approximate surface area is 176 Å². The number of hydrogen-bond donors (Lipinski definition) is 0. The molecule has 0 bridgehead atoms. The summed E-state index contributed by atoms with van der Waals surface area (Å²) in [5, 5.41) is 11.6. The van der Waals surface area contributed by atoms with Crippen LogP contribution >= 0.6 is 11.3 Å². The highest BCUT2D eigenvalue weighted by atomic mass is 32.1. The molecule has 1 fully saturated rings. The SMILES string of the molecule is CCC12COCCN1c1nc(-n3ccnc3-c3nccs3)ncc1-n1c(C)nnc12. The molecule has 152 valence electrons. The fourth-order valence-electron chi connectivity index (χ4n) is 4.37. The Kier molecular flexibility index (Phi) is 3.77. The van der Waals surface area contributed by atoms with E-state index in [0.29, 0.717) is 19.2 Å². The van der Waals surface area contributed by atoms with Crippen LogP contribution in [0.4, 0.5) is 5.82 Å². The number of hydrogen-bond acceptors (Lipinski definition) is 9. The van der Waals surface area contributed by atoms with Gasteiger partial charge >= 0.3 is 0 Å². The zero-order chi connectivity index (χ0) is 20.3. The first-order chi connectivity index (χ1) is 14.7. The summed E-state index contributed by atoms with van der Waals surface area (Å²) in [4.78, 5) is 20.8. The molecule has 1 unspecified atom stereocenters. The van der Waals surface area contributed by atoms with Crippen LogP contribution in [0.15, 0.2) is 30.2 Å². The molecule has 2 aliphatic rings. The number of ether oxygens (including phenoxy) is 1. The number of thiazole rings is 1. The highest BCUT2D eigenvalue weighted by Crippen LogP contribution is 2.44. The third-order valence-electron chi connectivity index (χ3n) is 5.86. The summed E-state index contributed by atoms with van der Waals surface area (Å²) >= 11 is 1.54. The Morgan fingerprint density at radius 1 is 1.20 bits per heavy atom. The molecule has 0 aliphatic carbocycles. The number of aryl methyl sites for hydroxylation is 1. The molecule has 6 rings (SSSR count). The number of fused-ring (bicyclic) bond motifs is 6. The maximum atomic E-state index is 5.90. The van der Waals surface area contributed by atoms with Crippen LogP contribution in [0.25, 0.3) is 22.5 Å². The molecule has 0 N–H and O–H groups in total. The van der Waals surface area contributed by atoms with Crippen molar-refractivity contribution < 1.29 is 4.74 Å². The van der Waals surface area contributed by atoms with Crippen LogP contribution in [0.3, 0.4) is 0 Å². The monoisotopic (exact) mass is 421 g/mol.